The molecule has 0 bridgehead atoms. The van der Waals surface area contributed by atoms with Gasteiger partial charge in [0.05, 0.1) is 16.6 Å². The fraction of sp³-hybridized carbons (Fsp3) is 0.192. The van der Waals surface area contributed by atoms with Gasteiger partial charge in [0.1, 0.15) is 5.65 Å². The smallest absolute Gasteiger partial charge is 0.251 e. The topological polar surface area (TPSA) is 65.4 Å². The zero-order valence-electron chi connectivity index (χ0n) is 18.4. The molecule has 0 aliphatic carbocycles. The monoisotopic (exact) mass is 455 g/mol. The Morgan fingerprint density at radius 3 is 2.70 bits per heavy atom. The second-order valence-corrected chi connectivity index (χ2v) is 8.36. The van der Waals surface area contributed by atoms with Crippen molar-refractivity contribution < 1.29 is 4.79 Å². The number of rotatable bonds is 7. The SMILES string of the molecule is CCN(CCCNC(=O)c1ccc2c(c1)[nH]c(=S)n1c3ccccc3nc21)c1ccccc1. The third-order valence-electron chi connectivity index (χ3n) is 5.92. The Bertz CT molecular complexity index is 1510. The van der Waals surface area contributed by atoms with E-state index in [4.69, 9.17) is 17.2 Å². The van der Waals surface area contributed by atoms with Crippen LogP contribution in [-0.4, -0.2) is 39.9 Å². The fourth-order valence-electron chi connectivity index (χ4n) is 4.25. The van der Waals surface area contributed by atoms with Gasteiger partial charge in [-0.25, -0.2) is 4.98 Å². The maximum absolute atomic E-state index is 12.8. The number of nitrogens with zero attached hydrogens (tertiary/aromatic N) is 3. The molecule has 0 unspecified atom stereocenters. The quantitative estimate of drug-likeness (QED) is 0.257. The van der Waals surface area contributed by atoms with E-state index in [2.05, 4.69) is 34.3 Å². The molecule has 3 aromatic carbocycles. The van der Waals surface area contributed by atoms with Crippen molar-refractivity contribution in [1.82, 2.24) is 19.7 Å². The lowest BCUT2D eigenvalue weighted by molar-refractivity contribution is 0.0953. The molecular formula is C26H25N5OS. The number of aromatic nitrogens is 3. The van der Waals surface area contributed by atoms with Crippen LogP contribution in [0.5, 0.6) is 0 Å². The molecule has 1 amide bonds. The summed E-state index contributed by atoms with van der Waals surface area (Å²) in [5.74, 6) is -0.0904. The van der Waals surface area contributed by atoms with Gasteiger partial charge in [0, 0.05) is 36.3 Å². The van der Waals surface area contributed by atoms with E-state index in [1.165, 1.54) is 5.69 Å². The molecule has 0 radical (unpaired) electrons. The summed E-state index contributed by atoms with van der Waals surface area (Å²) < 4.78 is 2.50. The number of anilines is 1. The predicted octanol–water partition coefficient (Wildman–Crippen LogP) is 5.34. The molecule has 0 atom stereocenters. The van der Waals surface area contributed by atoms with Crippen molar-refractivity contribution in [3.8, 4) is 0 Å². The third kappa shape index (κ3) is 4.07. The highest BCUT2D eigenvalue weighted by atomic mass is 32.1. The Kier molecular flexibility index (Phi) is 5.79. The molecule has 0 aliphatic rings. The summed E-state index contributed by atoms with van der Waals surface area (Å²) in [6.45, 7) is 4.57. The standard InChI is InChI=1S/C26H25N5OS/c1-2-30(19-9-4-3-5-10-19)16-8-15-27-25(32)18-13-14-20-22(17-18)29-26(33)31-23-12-7-6-11-21(23)28-24(20)31/h3-7,9-14,17H,2,8,15-16H2,1H3,(H,27,32)(H,29,33). The normalized spacial score (nSPS) is 11.3. The van der Waals surface area contributed by atoms with Crippen LogP contribution in [0, 0.1) is 4.77 Å². The van der Waals surface area contributed by atoms with E-state index >= 15 is 0 Å². The molecule has 7 heteroatoms. The zero-order valence-corrected chi connectivity index (χ0v) is 19.2. The molecule has 5 rings (SSSR count). The first kappa shape index (κ1) is 21.2. The van der Waals surface area contributed by atoms with Gasteiger partial charge in [-0.3, -0.25) is 9.20 Å². The Balaban J connectivity index is 1.31. The van der Waals surface area contributed by atoms with E-state index in [1.807, 2.05) is 65.1 Å². The first-order valence-corrected chi connectivity index (χ1v) is 11.6. The van der Waals surface area contributed by atoms with Crippen molar-refractivity contribution in [1.29, 1.82) is 0 Å². The van der Waals surface area contributed by atoms with Gasteiger partial charge in [0.15, 0.2) is 4.77 Å². The number of H-pyrrole nitrogens is 1. The van der Waals surface area contributed by atoms with Crippen LogP contribution in [0.1, 0.15) is 23.7 Å². The molecule has 0 saturated carbocycles. The van der Waals surface area contributed by atoms with Gasteiger partial charge in [-0.05, 0) is 68.0 Å². The van der Waals surface area contributed by atoms with Crippen molar-refractivity contribution in [2.45, 2.75) is 13.3 Å². The Hall–Kier alpha value is -3.71. The van der Waals surface area contributed by atoms with E-state index in [1.54, 1.807) is 0 Å². The maximum Gasteiger partial charge on any atom is 0.251 e. The van der Waals surface area contributed by atoms with Gasteiger partial charge >= 0.3 is 0 Å². The van der Waals surface area contributed by atoms with Gasteiger partial charge in [-0.15, -0.1) is 0 Å². The number of aromatic amines is 1. The number of para-hydroxylation sites is 3. The van der Waals surface area contributed by atoms with Gasteiger partial charge in [0.2, 0.25) is 0 Å². The molecule has 2 aromatic heterocycles. The average molecular weight is 456 g/mol. The van der Waals surface area contributed by atoms with Gasteiger partial charge < -0.3 is 15.2 Å². The minimum Gasteiger partial charge on any atom is -0.372 e. The third-order valence-corrected chi connectivity index (χ3v) is 6.21. The number of hydrogen-bond donors (Lipinski definition) is 2. The number of hydrogen-bond acceptors (Lipinski definition) is 4. The number of imidazole rings is 1. The number of carbonyl (C=O) groups is 1. The second kappa shape index (κ2) is 9.03. The number of carbonyl (C=O) groups excluding carboxylic acids is 1. The van der Waals surface area contributed by atoms with Crippen molar-refractivity contribution >= 4 is 51.4 Å². The van der Waals surface area contributed by atoms with Gasteiger partial charge in [-0.2, -0.15) is 0 Å². The van der Waals surface area contributed by atoms with Crippen molar-refractivity contribution in [2.75, 3.05) is 24.5 Å². The van der Waals surface area contributed by atoms with Crippen molar-refractivity contribution in [3.63, 3.8) is 0 Å². The Morgan fingerprint density at radius 2 is 1.88 bits per heavy atom. The van der Waals surface area contributed by atoms with Crippen LogP contribution < -0.4 is 10.2 Å². The molecule has 0 fully saturated rings. The number of amides is 1. The summed E-state index contributed by atoms with van der Waals surface area (Å²) in [6.07, 6.45) is 0.867. The fourth-order valence-corrected chi connectivity index (χ4v) is 4.54. The first-order chi connectivity index (χ1) is 16.2. The molecule has 5 aromatic rings. The highest BCUT2D eigenvalue weighted by Gasteiger charge is 2.12. The van der Waals surface area contributed by atoms with E-state index in [-0.39, 0.29) is 5.91 Å². The molecule has 6 nitrogen and oxygen atoms in total. The van der Waals surface area contributed by atoms with Crippen LogP contribution >= 0.6 is 12.2 Å². The molecule has 2 heterocycles. The molecule has 0 spiro atoms. The molecule has 2 N–H and O–H groups in total. The minimum absolute atomic E-state index is 0.0904. The number of fused-ring (bicyclic) bond motifs is 5. The molecule has 166 valence electrons. The maximum atomic E-state index is 12.8. The highest BCUT2D eigenvalue weighted by Crippen LogP contribution is 2.24. The first-order valence-electron chi connectivity index (χ1n) is 11.2. The van der Waals surface area contributed by atoms with Crippen LogP contribution in [0.2, 0.25) is 0 Å². The highest BCUT2D eigenvalue weighted by molar-refractivity contribution is 7.71. The second-order valence-electron chi connectivity index (χ2n) is 7.97. The summed E-state index contributed by atoms with van der Waals surface area (Å²) in [5, 5.41) is 3.97. The van der Waals surface area contributed by atoms with Crippen LogP contribution in [0.25, 0.3) is 27.6 Å². The van der Waals surface area contributed by atoms with E-state index in [9.17, 15) is 4.79 Å². The summed E-state index contributed by atoms with van der Waals surface area (Å²) in [6, 6.07) is 23.9. The lowest BCUT2D eigenvalue weighted by Crippen LogP contribution is -2.29. The van der Waals surface area contributed by atoms with Crippen molar-refractivity contribution in [2.24, 2.45) is 0 Å². The summed E-state index contributed by atoms with van der Waals surface area (Å²) >= 11 is 5.60. The molecular weight excluding hydrogens is 430 g/mol. The summed E-state index contributed by atoms with van der Waals surface area (Å²) in [4.78, 5) is 23.1. The lowest BCUT2D eigenvalue weighted by Gasteiger charge is -2.23. The largest absolute Gasteiger partial charge is 0.372 e. The van der Waals surface area contributed by atoms with Gasteiger partial charge in [-0.1, -0.05) is 30.3 Å². The predicted molar refractivity (Wildman–Crippen MR) is 137 cm³/mol. The van der Waals surface area contributed by atoms with Gasteiger partial charge in [0.25, 0.3) is 5.91 Å². The average Bonchev–Trinajstić information content (AvgIpc) is 3.25. The van der Waals surface area contributed by atoms with Crippen molar-refractivity contribution in [3.05, 3.63) is 83.1 Å². The van der Waals surface area contributed by atoms with Crippen LogP contribution in [-0.2, 0) is 0 Å². The molecule has 33 heavy (non-hydrogen) atoms. The Morgan fingerprint density at radius 1 is 1.09 bits per heavy atom. The van der Waals surface area contributed by atoms with E-state index in [0.717, 1.165) is 47.1 Å². The molecule has 0 saturated heterocycles. The summed E-state index contributed by atoms with van der Waals surface area (Å²) in [5.41, 5.74) is 5.26. The molecule has 0 aliphatic heterocycles. The zero-order chi connectivity index (χ0) is 22.8. The van der Waals surface area contributed by atoms with Crippen LogP contribution in [0.3, 0.4) is 0 Å². The van der Waals surface area contributed by atoms with E-state index in [0.29, 0.717) is 16.9 Å². The van der Waals surface area contributed by atoms with Crippen LogP contribution in [0.4, 0.5) is 5.69 Å². The Labute approximate surface area is 196 Å². The summed E-state index contributed by atoms with van der Waals surface area (Å²) in [7, 11) is 0. The lowest BCUT2D eigenvalue weighted by atomic mass is 10.1. The van der Waals surface area contributed by atoms with Crippen LogP contribution in [0.15, 0.2) is 72.8 Å². The number of benzene rings is 3. The van der Waals surface area contributed by atoms with E-state index < -0.39 is 0 Å². The number of nitrogens with one attached hydrogen (secondary N) is 2. The minimum atomic E-state index is -0.0904.